The summed E-state index contributed by atoms with van der Waals surface area (Å²) in [6.45, 7) is 4.52. The van der Waals surface area contributed by atoms with E-state index in [0.717, 1.165) is 96.3 Å². The van der Waals surface area contributed by atoms with Gasteiger partial charge in [0.05, 0.1) is 40.3 Å². The summed E-state index contributed by atoms with van der Waals surface area (Å²) >= 11 is 0. The first-order chi connectivity index (χ1) is 32.1. The highest BCUT2D eigenvalue weighted by atomic mass is 16.6. The molecule has 8 nitrogen and oxygen atoms in total. The van der Waals surface area contributed by atoms with Crippen LogP contribution in [0.15, 0.2) is 85.1 Å². The van der Waals surface area contributed by atoms with Crippen LogP contribution in [0.1, 0.15) is 213 Å². The summed E-state index contributed by atoms with van der Waals surface area (Å²) in [6.07, 6.45) is 63.3. The van der Waals surface area contributed by atoms with Crippen molar-refractivity contribution in [2.24, 2.45) is 0 Å². The third-order valence-electron chi connectivity index (χ3n) is 11.5. The molecule has 0 aromatic carbocycles. The van der Waals surface area contributed by atoms with E-state index in [0.29, 0.717) is 6.42 Å². The Hall–Kier alpha value is -3.49. The van der Waals surface area contributed by atoms with Gasteiger partial charge in [-0.2, -0.15) is 0 Å². The highest BCUT2D eigenvalue weighted by molar-refractivity contribution is 5.70. The van der Waals surface area contributed by atoms with Crippen molar-refractivity contribution in [1.82, 2.24) is 0 Å². The first kappa shape index (κ1) is 62.5. The van der Waals surface area contributed by atoms with Crippen LogP contribution in [0, 0.1) is 0 Å². The van der Waals surface area contributed by atoms with Crippen LogP contribution >= 0.6 is 0 Å². The standard InChI is InChI=1S/C58H99NO7/c1-6-8-10-12-14-16-18-20-22-24-26-28-29-31-32-34-36-38-40-42-44-46-48-56(60)65-53-54(52-64-51-50-55(58(62)63)59(3,4)5)66-57(61)49-47-45-43-41-39-37-35-33-30-27-25-23-21-19-17-15-13-11-9-7-2/h9,11,15,17,21,23-24,26-27,29-31,35,37,54-55H,6-8,10,12-14,16,18-20,22,25,28,32-34,36,38-53H2,1-5H3/b11-9+,17-15+,23-21+,26-24+,30-27+,31-29+,37-35+. The summed E-state index contributed by atoms with van der Waals surface area (Å²) < 4.78 is 17.2. The molecule has 0 aliphatic rings. The largest absolute Gasteiger partial charge is 0.544 e. The van der Waals surface area contributed by atoms with Crippen molar-refractivity contribution in [3.8, 4) is 0 Å². The summed E-state index contributed by atoms with van der Waals surface area (Å²) in [5, 5.41) is 11.7. The number of carboxylic acids is 1. The summed E-state index contributed by atoms with van der Waals surface area (Å²) in [4.78, 5) is 37.1. The van der Waals surface area contributed by atoms with Crippen molar-refractivity contribution in [3.63, 3.8) is 0 Å². The zero-order chi connectivity index (χ0) is 48.4. The summed E-state index contributed by atoms with van der Waals surface area (Å²) in [5.41, 5.74) is 0. The lowest BCUT2D eigenvalue weighted by Crippen LogP contribution is -2.55. The quantitative estimate of drug-likeness (QED) is 0.0259. The SMILES string of the molecule is CC/C=C/C/C=C/C/C=C/C/C=C/C/C=C/CCCCCCC(=O)OC(COCCC(C(=O)[O-])[N+](C)(C)C)COC(=O)CCCCCCCCC/C=C/C/C=C/CCCCCCCCCC. The van der Waals surface area contributed by atoms with Gasteiger partial charge >= 0.3 is 11.9 Å². The van der Waals surface area contributed by atoms with E-state index in [1.807, 2.05) is 0 Å². The maximum Gasteiger partial charge on any atom is 0.306 e. The molecule has 0 fully saturated rings. The number of quaternary nitrogens is 1. The number of carbonyl (C=O) groups is 3. The number of hydrogen-bond acceptors (Lipinski definition) is 7. The molecule has 0 aromatic heterocycles. The van der Waals surface area contributed by atoms with Gasteiger partial charge < -0.3 is 28.6 Å². The number of unbranched alkanes of at least 4 members (excludes halogenated alkanes) is 19. The Kier molecular flexibility index (Phi) is 45.4. The molecule has 0 rings (SSSR count). The first-order valence-corrected chi connectivity index (χ1v) is 26.6. The van der Waals surface area contributed by atoms with Gasteiger partial charge in [0.1, 0.15) is 12.6 Å². The van der Waals surface area contributed by atoms with Gasteiger partial charge in [-0.05, 0) is 89.9 Å². The number of esters is 2. The molecule has 0 saturated carbocycles. The molecule has 0 aliphatic heterocycles. The number of rotatable bonds is 47. The second kappa shape index (κ2) is 48.0. The van der Waals surface area contributed by atoms with Gasteiger partial charge in [0.25, 0.3) is 0 Å². The number of nitrogens with zero attached hydrogens (tertiary/aromatic N) is 1. The molecule has 2 atom stereocenters. The van der Waals surface area contributed by atoms with Gasteiger partial charge in [0.2, 0.25) is 0 Å². The van der Waals surface area contributed by atoms with E-state index >= 15 is 0 Å². The molecular formula is C58H99NO7. The Morgan fingerprint density at radius 1 is 0.470 bits per heavy atom. The second-order valence-electron chi connectivity index (χ2n) is 18.7. The monoisotopic (exact) mass is 922 g/mol. The predicted octanol–water partition coefficient (Wildman–Crippen LogP) is 14.3. The lowest BCUT2D eigenvalue weighted by atomic mass is 10.1. The minimum absolute atomic E-state index is 0.0232. The fraction of sp³-hybridized carbons (Fsp3) is 0.707. The third-order valence-corrected chi connectivity index (χ3v) is 11.5. The molecule has 0 radical (unpaired) electrons. The number of likely N-dealkylation sites (N-methyl/N-ethyl adjacent to an activating group) is 1. The molecule has 0 aromatic rings. The number of ether oxygens (including phenoxy) is 3. The molecule has 0 amide bonds. The Morgan fingerprint density at radius 3 is 1.26 bits per heavy atom. The van der Waals surface area contributed by atoms with E-state index in [9.17, 15) is 19.5 Å². The van der Waals surface area contributed by atoms with Crippen molar-refractivity contribution in [1.29, 1.82) is 0 Å². The highest BCUT2D eigenvalue weighted by Crippen LogP contribution is 2.14. The van der Waals surface area contributed by atoms with Gasteiger partial charge in [0.15, 0.2) is 6.10 Å². The van der Waals surface area contributed by atoms with Crippen LogP contribution in [0.2, 0.25) is 0 Å². The molecule has 0 spiro atoms. The van der Waals surface area contributed by atoms with E-state index in [1.165, 1.54) is 83.5 Å². The topological polar surface area (TPSA) is 102 Å². The van der Waals surface area contributed by atoms with Gasteiger partial charge in [-0.15, -0.1) is 0 Å². The molecule has 378 valence electrons. The number of hydrogen-bond donors (Lipinski definition) is 0. The Balaban J connectivity index is 4.30. The maximum atomic E-state index is 12.8. The molecule has 0 N–H and O–H groups in total. The number of carbonyl (C=O) groups excluding carboxylic acids is 3. The van der Waals surface area contributed by atoms with Crippen LogP contribution in [0.4, 0.5) is 0 Å². The smallest absolute Gasteiger partial charge is 0.306 e. The van der Waals surface area contributed by atoms with Crippen molar-refractivity contribution < 1.29 is 38.2 Å². The lowest BCUT2D eigenvalue weighted by molar-refractivity contribution is -0.889. The minimum Gasteiger partial charge on any atom is -0.544 e. The van der Waals surface area contributed by atoms with Crippen LogP contribution in [-0.2, 0) is 28.6 Å². The average molecular weight is 922 g/mol. The van der Waals surface area contributed by atoms with Gasteiger partial charge in [-0.1, -0.05) is 189 Å². The zero-order valence-electron chi connectivity index (χ0n) is 43.1. The molecule has 66 heavy (non-hydrogen) atoms. The average Bonchev–Trinajstić information content (AvgIpc) is 3.28. The summed E-state index contributed by atoms with van der Waals surface area (Å²) in [7, 11) is 5.40. The van der Waals surface area contributed by atoms with Gasteiger partial charge in [0, 0.05) is 19.3 Å². The number of allylic oxidation sites excluding steroid dienone is 14. The molecule has 0 saturated heterocycles. The zero-order valence-corrected chi connectivity index (χ0v) is 43.1. The fourth-order valence-corrected chi connectivity index (χ4v) is 7.42. The predicted molar refractivity (Wildman–Crippen MR) is 277 cm³/mol. The van der Waals surface area contributed by atoms with Gasteiger partial charge in [-0.3, -0.25) is 9.59 Å². The van der Waals surface area contributed by atoms with Crippen molar-refractivity contribution in [3.05, 3.63) is 85.1 Å². The van der Waals surface area contributed by atoms with Crippen molar-refractivity contribution in [2.45, 2.75) is 225 Å². The van der Waals surface area contributed by atoms with Crippen LogP contribution in [0.3, 0.4) is 0 Å². The third kappa shape index (κ3) is 45.7. The lowest BCUT2D eigenvalue weighted by Gasteiger charge is -2.34. The molecular weight excluding hydrogens is 823 g/mol. The molecule has 8 heteroatoms. The molecule has 0 heterocycles. The Labute approximate surface area is 405 Å². The summed E-state index contributed by atoms with van der Waals surface area (Å²) in [6, 6.07) is -0.737. The van der Waals surface area contributed by atoms with Gasteiger partial charge in [-0.25, -0.2) is 0 Å². The number of aliphatic carboxylic acids is 1. The Bertz CT molecular complexity index is 1350. The molecule has 2 unspecified atom stereocenters. The van der Waals surface area contributed by atoms with E-state index < -0.39 is 18.1 Å². The van der Waals surface area contributed by atoms with Crippen molar-refractivity contribution in [2.75, 3.05) is 41.0 Å². The first-order valence-electron chi connectivity index (χ1n) is 26.6. The van der Waals surface area contributed by atoms with Crippen LogP contribution in [-0.4, -0.2) is 75.5 Å². The normalized spacial score (nSPS) is 13.5. The fourth-order valence-electron chi connectivity index (χ4n) is 7.42. The number of carboxylic acid groups (broad SMARTS) is 1. The van der Waals surface area contributed by atoms with E-state index in [1.54, 1.807) is 21.1 Å². The summed E-state index contributed by atoms with van der Waals surface area (Å²) in [5.74, 6) is -1.78. The Morgan fingerprint density at radius 2 is 0.848 bits per heavy atom. The van der Waals surface area contributed by atoms with Crippen molar-refractivity contribution >= 4 is 17.9 Å². The van der Waals surface area contributed by atoms with E-state index in [4.69, 9.17) is 14.2 Å². The minimum atomic E-state index is -1.13. The van der Waals surface area contributed by atoms with Crippen LogP contribution < -0.4 is 5.11 Å². The highest BCUT2D eigenvalue weighted by Gasteiger charge is 2.25. The van der Waals surface area contributed by atoms with E-state index in [2.05, 4.69) is 98.9 Å². The van der Waals surface area contributed by atoms with Crippen LogP contribution in [0.5, 0.6) is 0 Å². The molecule has 0 aliphatic carbocycles. The second-order valence-corrected chi connectivity index (χ2v) is 18.7. The van der Waals surface area contributed by atoms with Crippen LogP contribution in [0.25, 0.3) is 0 Å². The molecule has 0 bridgehead atoms. The van der Waals surface area contributed by atoms with E-state index in [-0.39, 0.29) is 49.1 Å². The maximum absolute atomic E-state index is 12.8.